The lowest BCUT2D eigenvalue weighted by molar-refractivity contribution is 0.304. The van der Waals surface area contributed by atoms with Gasteiger partial charge in [0.25, 0.3) is 0 Å². The van der Waals surface area contributed by atoms with E-state index in [2.05, 4.69) is 10.3 Å². The van der Waals surface area contributed by atoms with Gasteiger partial charge in [-0.1, -0.05) is 6.07 Å². The molecular formula is C16H19F2N3O. The molecule has 2 aromatic rings. The minimum atomic E-state index is -0.861. The highest BCUT2D eigenvalue weighted by Crippen LogP contribution is 2.21. The monoisotopic (exact) mass is 307 g/mol. The van der Waals surface area contributed by atoms with Crippen molar-refractivity contribution in [3.8, 4) is 0 Å². The second-order valence-corrected chi connectivity index (χ2v) is 5.09. The average molecular weight is 307 g/mol. The van der Waals surface area contributed by atoms with Crippen LogP contribution in [-0.4, -0.2) is 30.3 Å². The van der Waals surface area contributed by atoms with Crippen LogP contribution in [-0.2, 0) is 0 Å². The molecule has 1 unspecified atom stereocenters. The lowest BCUT2D eigenvalue weighted by Gasteiger charge is -2.19. The molecule has 0 aliphatic carbocycles. The molecule has 1 aromatic carbocycles. The van der Waals surface area contributed by atoms with Gasteiger partial charge in [-0.25, -0.2) is 13.8 Å². The third-order valence-corrected chi connectivity index (χ3v) is 3.43. The molecule has 22 heavy (non-hydrogen) atoms. The molecule has 1 atom stereocenters. The number of aliphatic hydroxyl groups is 1. The van der Waals surface area contributed by atoms with Crippen LogP contribution in [0, 0.1) is 11.6 Å². The number of benzene rings is 1. The summed E-state index contributed by atoms with van der Waals surface area (Å²) in [5.41, 5.74) is 1.53. The first-order chi connectivity index (χ1) is 10.5. The van der Waals surface area contributed by atoms with E-state index in [0.29, 0.717) is 17.9 Å². The van der Waals surface area contributed by atoms with Crippen molar-refractivity contribution in [3.05, 3.63) is 53.7 Å². The van der Waals surface area contributed by atoms with E-state index in [1.165, 1.54) is 6.07 Å². The number of anilines is 2. The Bertz CT molecular complexity index is 619. The van der Waals surface area contributed by atoms with E-state index in [9.17, 15) is 8.78 Å². The fourth-order valence-electron chi connectivity index (χ4n) is 2.06. The van der Waals surface area contributed by atoms with Crippen LogP contribution in [0.1, 0.15) is 18.5 Å². The SMILES string of the molecule is CC(Nc1ccc(N(C)CCO)cn1)c1ccc(F)c(F)c1. The molecule has 1 aromatic heterocycles. The van der Waals surface area contributed by atoms with E-state index in [-0.39, 0.29) is 12.6 Å². The van der Waals surface area contributed by atoms with Crippen LogP contribution in [0.15, 0.2) is 36.5 Å². The number of rotatable bonds is 6. The van der Waals surface area contributed by atoms with Crippen LogP contribution in [0.3, 0.4) is 0 Å². The van der Waals surface area contributed by atoms with Gasteiger partial charge in [-0.3, -0.25) is 0 Å². The summed E-state index contributed by atoms with van der Waals surface area (Å²) < 4.78 is 26.2. The Balaban J connectivity index is 2.05. The van der Waals surface area contributed by atoms with Gasteiger partial charge in [-0.05, 0) is 36.8 Å². The van der Waals surface area contributed by atoms with Crippen molar-refractivity contribution in [1.82, 2.24) is 4.98 Å². The Labute approximate surface area is 128 Å². The summed E-state index contributed by atoms with van der Waals surface area (Å²) in [6.07, 6.45) is 1.69. The topological polar surface area (TPSA) is 48.4 Å². The normalized spacial score (nSPS) is 12.0. The average Bonchev–Trinajstić information content (AvgIpc) is 2.51. The smallest absolute Gasteiger partial charge is 0.159 e. The van der Waals surface area contributed by atoms with Crippen LogP contribution >= 0.6 is 0 Å². The van der Waals surface area contributed by atoms with E-state index >= 15 is 0 Å². The maximum atomic E-state index is 13.2. The minimum absolute atomic E-state index is 0.0731. The number of pyridine rings is 1. The molecular weight excluding hydrogens is 288 g/mol. The molecule has 2 N–H and O–H groups in total. The van der Waals surface area contributed by atoms with Crippen molar-refractivity contribution < 1.29 is 13.9 Å². The molecule has 118 valence electrons. The van der Waals surface area contributed by atoms with Gasteiger partial charge in [0.1, 0.15) is 5.82 Å². The minimum Gasteiger partial charge on any atom is -0.395 e. The van der Waals surface area contributed by atoms with E-state index in [4.69, 9.17) is 5.11 Å². The molecule has 2 rings (SSSR count). The number of halogens is 2. The van der Waals surface area contributed by atoms with Gasteiger partial charge in [0.15, 0.2) is 11.6 Å². The maximum Gasteiger partial charge on any atom is 0.159 e. The summed E-state index contributed by atoms with van der Waals surface area (Å²) in [6, 6.07) is 7.31. The van der Waals surface area contributed by atoms with Crippen LogP contribution in [0.5, 0.6) is 0 Å². The van der Waals surface area contributed by atoms with Crippen molar-refractivity contribution in [1.29, 1.82) is 0 Å². The first-order valence-electron chi connectivity index (χ1n) is 7.01. The second kappa shape index (κ2) is 7.17. The first-order valence-corrected chi connectivity index (χ1v) is 7.01. The van der Waals surface area contributed by atoms with Crippen molar-refractivity contribution in [3.63, 3.8) is 0 Å². The van der Waals surface area contributed by atoms with Crippen LogP contribution in [0.4, 0.5) is 20.3 Å². The number of aliphatic hydroxyl groups excluding tert-OH is 1. The molecule has 0 saturated carbocycles. The third-order valence-electron chi connectivity index (χ3n) is 3.43. The Kier molecular flexibility index (Phi) is 5.27. The van der Waals surface area contributed by atoms with Crippen molar-refractivity contribution in [2.45, 2.75) is 13.0 Å². The first kappa shape index (κ1) is 16.2. The number of hydrogen-bond acceptors (Lipinski definition) is 4. The summed E-state index contributed by atoms with van der Waals surface area (Å²) in [6.45, 7) is 2.45. The van der Waals surface area contributed by atoms with Gasteiger partial charge in [0.05, 0.1) is 24.5 Å². The summed E-state index contributed by atoms with van der Waals surface area (Å²) in [7, 11) is 1.87. The van der Waals surface area contributed by atoms with Crippen molar-refractivity contribution in [2.24, 2.45) is 0 Å². The molecule has 0 aliphatic rings. The van der Waals surface area contributed by atoms with E-state index in [0.717, 1.165) is 11.8 Å². The molecule has 6 heteroatoms. The van der Waals surface area contributed by atoms with Gasteiger partial charge < -0.3 is 15.3 Å². The zero-order valence-electron chi connectivity index (χ0n) is 12.6. The van der Waals surface area contributed by atoms with Crippen LogP contribution in [0.25, 0.3) is 0 Å². The quantitative estimate of drug-likeness (QED) is 0.861. The van der Waals surface area contributed by atoms with Crippen LogP contribution < -0.4 is 10.2 Å². The molecule has 0 radical (unpaired) electrons. The zero-order chi connectivity index (χ0) is 16.1. The molecule has 1 heterocycles. The lowest BCUT2D eigenvalue weighted by atomic mass is 10.1. The Morgan fingerprint density at radius 3 is 2.59 bits per heavy atom. The lowest BCUT2D eigenvalue weighted by Crippen LogP contribution is -2.21. The predicted molar refractivity (Wildman–Crippen MR) is 83.0 cm³/mol. The number of nitrogens with zero attached hydrogens (tertiary/aromatic N) is 2. The number of likely N-dealkylation sites (N-methyl/N-ethyl adjacent to an activating group) is 1. The molecule has 0 aliphatic heterocycles. The Hall–Kier alpha value is -2.21. The Morgan fingerprint density at radius 1 is 1.23 bits per heavy atom. The molecule has 0 amide bonds. The third kappa shape index (κ3) is 3.92. The fourth-order valence-corrected chi connectivity index (χ4v) is 2.06. The molecule has 0 fully saturated rings. The number of aromatic nitrogens is 1. The molecule has 0 saturated heterocycles. The Morgan fingerprint density at radius 2 is 2.00 bits per heavy atom. The predicted octanol–water partition coefficient (Wildman–Crippen LogP) is 2.96. The fraction of sp³-hybridized carbons (Fsp3) is 0.312. The van der Waals surface area contributed by atoms with Gasteiger partial charge in [0, 0.05) is 13.6 Å². The number of hydrogen-bond donors (Lipinski definition) is 2. The van der Waals surface area contributed by atoms with E-state index < -0.39 is 11.6 Å². The van der Waals surface area contributed by atoms with E-state index in [1.807, 2.05) is 24.9 Å². The van der Waals surface area contributed by atoms with Crippen molar-refractivity contribution >= 4 is 11.5 Å². The maximum absolute atomic E-state index is 13.2. The van der Waals surface area contributed by atoms with Gasteiger partial charge in [-0.2, -0.15) is 0 Å². The highest BCUT2D eigenvalue weighted by Gasteiger charge is 2.10. The highest BCUT2D eigenvalue weighted by molar-refractivity contribution is 5.49. The molecule has 0 spiro atoms. The van der Waals surface area contributed by atoms with E-state index in [1.54, 1.807) is 18.3 Å². The zero-order valence-corrected chi connectivity index (χ0v) is 12.6. The summed E-state index contributed by atoms with van der Waals surface area (Å²) in [4.78, 5) is 6.17. The summed E-state index contributed by atoms with van der Waals surface area (Å²) in [5, 5.41) is 12.0. The second-order valence-electron chi connectivity index (χ2n) is 5.09. The highest BCUT2D eigenvalue weighted by atomic mass is 19.2. The van der Waals surface area contributed by atoms with Gasteiger partial charge in [0.2, 0.25) is 0 Å². The summed E-state index contributed by atoms with van der Waals surface area (Å²) >= 11 is 0. The number of nitrogens with one attached hydrogen (secondary N) is 1. The van der Waals surface area contributed by atoms with Crippen molar-refractivity contribution in [2.75, 3.05) is 30.4 Å². The standard InChI is InChI=1S/C16H19F2N3O/c1-11(12-3-5-14(17)15(18)9-12)20-16-6-4-13(10-19-16)21(2)7-8-22/h3-6,9-11,22H,7-8H2,1-2H3,(H,19,20). The van der Waals surface area contributed by atoms with Gasteiger partial charge in [-0.15, -0.1) is 0 Å². The molecule has 4 nitrogen and oxygen atoms in total. The summed E-state index contributed by atoms with van der Waals surface area (Å²) in [5.74, 6) is -1.08. The molecule has 0 bridgehead atoms. The largest absolute Gasteiger partial charge is 0.395 e. The van der Waals surface area contributed by atoms with Gasteiger partial charge >= 0.3 is 0 Å². The van der Waals surface area contributed by atoms with Crippen LogP contribution in [0.2, 0.25) is 0 Å².